The van der Waals surface area contributed by atoms with Gasteiger partial charge < -0.3 is 9.47 Å². The Kier molecular flexibility index (Phi) is 4.19. The molecule has 1 saturated heterocycles. The first-order valence-electron chi connectivity index (χ1n) is 8.29. The highest BCUT2D eigenvalue weighted by molar-refractivity contribution is 5.82. The Hall–Kier alpha value is -1.84. The fraction of sp³-hybridized carbons (Fsp3) is 0.556. The van der Waals surface area contributed by atoms with Gasteiger partial charge >= 0.3 is 0 Å². The van der Waals surface area contributed by atoms with E-state index in [-0.39, 0.29) is 5.91 Å². The number of imidazole rings is 1. The first-order valence-corrected chi connectivity index (χ1v) is 8.29. The van der Waals surface area contributed by atoms with E-state index in [0.717, 1.165) is 48.4 Å². The average molecular weight is 299 g/mol. The third-order valence-electron chi connectivity index (χ3n) is 4.56. The van der Waals surface area contributed by atoms with Crippen molar-refractivity contribution >= 4 is 16.9 Å². The van der Waals surface area contributed by atoms with Gasteiger partial charge in [0.1, 0.15) is 5.82 Å². The second-order valence-electron chi connectivity index (χ2n) is 6.63. The van der Waals surface area contributed by atoms with Gasteiger partial charge in [0.25, 0.3) is 0 Å². The van der Waals surface area contributed by atoms with E-state index in [1.165, 1.54) is 6.42 Å². The van der Waals surface area contributed by atoms with Crippen LogP contribution in [0.3, 0.4) is 0 Å². The van der Waals surface area contributed by atoms with E-state index in [0.29, 0.717) is 12.3 Å². The normalized spacial score (nSPS) is 15.7. The van der Waals surface area contributed by atoms with E-state index >= 15 is 0 Å². The third-order valence-corrected chi connectivity index (χ3v) is 4.56. The minimum Gasteiger partial charge on any atom is -0.342 e. The van der Waals surface area contributed by atoms with E-state index in [9.17, 15) is 4.79 Å². The van der Waals surface area contributed by atoms with Crippen molar-refractivity contribution in [2.24, 2.45) is 7.05 Å². The summed E-state index contributed by atoms with van der Waals surface area (Å²) in [5.74, 6) is 1.74. The molecular weight excluding hydrogens is 274 g/mol. The van der Waals surface area contributed by atoms with E-state index in [1.54, 1.807) is 0 Å². The summed E-state index contributed by atoms with van der Waals surface area (Å²) < 4.78 is 2.15. The van der Waals surface area contributed by atoms with Crippen molar-refractivity contribution in [1.82, 2.24) is 14.5 Å². The number of aryl methyl sites for hydroxylation is 1. The van der Waals surface area contributed by atoms with Gasteiger partial charge in [-0.15, -0.1) is 0 Å². The highest BCUT2D eigenvalue weighted by Gasteiger charge is 2.17. The van der Waals surface area contributed by atoms with Crippen LogP contribution in [0.5, 0.6) is 0 Å². The number of amides is 1. The summed E-state index contributed by atoms with van der Waals surface area (Å²) in [5, 5.41) is 0. The monoisotopic (exact) mass is 299 g/mol. The Bertz CT molecular complexity index is 681. The number of likely N-dealkylation sites (tertiary alicyclic amines) is 1. The zero-order valence-electron chi connectivity index (χ0n) is 13.8. The van der Waals surface area contributed by atoms with Crippen molar-refractivity contribution in [2.75, 3.05) is 13.1 Å². The molecule has 118 valence electrons. The molecule has 1 aliphatic rings. The van der Waals surface area contributed by atoms with Gasteiger partial charge in [0.15, 0.2) is 0 Å². The van der Waals surface area contributed by atoms with Crippen molar-refractivity contribution in [3.8, 4) is 0 Å². The summed E-state index contributed by atoms with van der Waals surface area (Å²) in [6.45, 7) is 6.15. The summed E-state index contributed by atoms with van der Waals surface area (Å²) in [5.41, 5.74) is 3.20. The molecule has 0 unspecified atom stereocenters. The van der Waals surface area contributed by atoms with Crippen LogP contribution in [0.4, 0.5) is 0 Å². The van der Waals surface area contributed by atoms with Gasteiger partial charge in [0.05, 0.1) is 17.5 Å². The number of carbonyl (C=O) groups excluding carboxylic acids is 1. The first kappa shape index (κ1) is 15.1. The molecular formula is C18H25N3O. The molecule has 0 spiro atoms. The molecule has 0 atom stereocenters. The topological polar surface area (TPSA) is 38.1 Å². The highest BCUT2D eigenvalue weighted by Crippen LogP contribution is 2.22. The molecule has 2 heterocycles. The van der Waals surface area contributed by atoms with Crippen molar-refractivity contribution in [1.29, 1.82) is 0 Å². The molecule has 1 fully saturated rings. The molecule has 0 radical (unpaired) electrons. The molecule has 4 heteroatoms. The SMILES string of the molecule is CC(C)c1nc2cc(CC(=O)N3CCCCC3)ccc2n1C. The van der Waals surface area contributed by atoms with Crippen LogP contribution in [-0.4, -0.2) is 33.4 Å². The molecule has 4 nitrogen and oxygen atoms in total. The maximum absolute atomic E-state index is 12.4. The lowest BCUT2D eigenvalue weighted by atomic mass is 10.1. The molecule has 22 heavy (non-hydrogen) atoms. The predicted octanol–water partition coefficient (Wildman–Crippen LogP) is 3.25. The van der Waals surface area contributed by atoms with Crippen LogP contribution in [0.15, 0.2) is 18.2 Å². The third kappa shape index (κ3) is 2.87. The van der Waals surface area contributed by atoms with Crippen LogP contribution in [0, 0.1) is 0 Å². The molecule has 1 amide bonds. The number of nitrogens with zero attached hydrogens (tertiary/aromatic N) is 3. The van der Waals surface area contributed by atoms with E-state index in [1.807, 2.05) is 4.90 Å². The molecule has 1 aliphatic heterocycles. The Labute approximate surface area is 132 Å². The molecule has 0 aliphatic carbocycles. The largest absolute Gasteiger partial charge is 0.342 e. The average Bonchev–Trinajstić information content (AvgIpc) is 2.85. The maximum atomic E-state index is 12.4. The minimum atomic E-state index is 0.249. The van der Waals surface area contributed by atoms with Gasteiger partial charge in [-0.25, -0.2) is 4.98 Å². The Balaban J connectivity index is 1.81. The standard InChI is InChI=1S/C18H25N3O/c1-13(2)18-19-15-11-14(7-8-16(15)20(18)3)12-17(22)21-9-5-4-6-10-21/h7-8,11,13H,4-6,9-10,12H2,1-3H3. The van der Waals surface area contributed by atoms with Crippen molar-refractivity contribution in [3.63, 3.8) is 0 Å². The number of fused-ring (bicyclic) bond motifs is 1. The summed E-state index contributed by atoms with van der Waals surface area (Å²) in [6.07, 6.45) is 4.02. The minimum absolute atomic E-state index is 0.249. The van der Waals surface area contributed by atoms with Crippen LogP contribution in [0.2, 0.25) is 0 Å². The zero-order valence-corrected chi connectivity index (χ0v) is 13.8. The van der Waals surface area contributed by atoms with Crippen LogP contribution in [0.25, 0.3) is 11.0 Å². The van der Waals surface area contributed by atoms with Crippen LogP contribution in [-0.2, 0) is 18.3 Å². The summed E-state index contributed by atoms with van der Waals surface area (Å²) in [4.78, 5) is 19.1. The second kappa shape index (κ2) is 6.11. The number of rotatable bonds is 3. The van der Waals surface area contributed by atoms with Crippen molar-refractivity contribution in [2.45, 2.75) is 45.4 Å². The van der Waals surface area contributed by atoms with Gasteiger partial charge in [-0.3, -0.25) is 4.79 Å². The number of benzene rings is 1. The molecule has 0 saturated carbocycles. The lowest BCUT2D eigenvalue weighted by Gasteiger charge is -2.26. The van der Waals surface area contributed by atoms with Crippen molar-refractivity contribution < 1.29 is 4.79 Å². The molecule has 0 N–H and O–H groups in total. The van der Waals surface area contributed by atoms with Gasteiger partial charge in [0.2, 0.25) is 5.91 Å². The Morgan fingerprint density at radius 2 is 1.95 bits per heavy atom. The lowest BCUT2D eigenvalue weighted by Crippen LogP contribution is -2.36. The Morgan fingerprint density at radius 3 is 2.64 bits per heavy atom. The number of hydrogen-bond donors (Lipinski definition) is 0. The summed E-state index contributed by atoms with van der Waals surface area (Å²) in [6, 6.07) is 6.23. The van der Waals surface area contributed by atoms with Gasteiger partial charge in [-0.2, -0.15) is 0 Å². The Morgan fingerprint density at radius 1 is 1.23 bits per heavy atom. The van der Waals surface area contributed by atoms with Gasteiger partial charge in [0, 0.05) is 26.1 Å². The smallest absolute Gasteiger partial charge is 0.226 e. The predicted molar refractivity (Wildman–Crippen MR) is 88.9 cm³/mol. The summed E-state index contributed by atoms with van der Waals surface area (Å²) >= 11 is 0. The maximum Gasteiger partial charge on any atom is 0.226 e. The number of piperidine rings is 1. The molecule has 1 aromatic carbocycles. The zero-order chi connectivity index (χ0) is 15.7. The number of hydrogen-bond acceptors (Lipinski definition) is 2. The van der Waals surface area contributed by atoms with Gasteiger partial charge in [-0.1, -0.05) is 19.9 Å². The van der Waals surface area contributed by atoms with E-state index in [2.05, 4.69) is 43.7 Å². The summed E-state index contributed by atoms with van der Waals surface area (Å²) in [7, 11) is 2.06. The van der Waals surface area contributed by atoms with E-state index < -0.39 is 0 Å². The lowest BCUT2D eigenvalue weighted by molar-refractivity contribution is -0.131. The number of carbonyl (C=O) groups is 1. The number of aromatic nitrogens is 2. The fourth-order valence-electron chi connectivity index (χ4n) is 3.32. The molecule has 3 rings (SSSR count). The molecule has 2 aromatic rings. The molecule has 0 bridgehead atoms. The fourth-order valence-corrected chi connectivity index (χ4v) is 3.32. The second-order valence-corrected chi connectivity index (χ2v) is 6.63. The van der Waals surface area contributed by atoms with Crippen LogP contribution >= 0.6 is 0 Å². The highest BCUT2D eigenvalue weighted by atomic mass is 16.2. The first-order chi connectivity index (χ1) is 10.6. The van der Waals surface area contributed by atoms with E-state index in [4.69, 9.17) is 4.98 Å². The quantitative estimate of drug-likeness (QED) is 0.872. The van der Waals surface area contributed by atoms with Crippen LogP contribution < -0.4 is 0 Å². The van der Waals surface area contributed by atoms with Gasteiger partial charge in [-0.05, 0) is 37.0 Å². The molecule has 1 aromatic heterocycles. The van der Waals surface area contributed by atoms with Crippen molar-refractivity contribution in [3.05, 3.63) is 29.6 Å². The van der Waals surface area contributed by atoms with Crippen LogP contribution in [0.1, 0.15) is 50.4 Å².